The second-order valence-corrected chi connectivity index (χ2v) is 4.06. The van der Waals surface area contributed by atoms with Gasteiger partial charge in [0.25, 0.3) is 0 Å². The fourth-order valence-electron chi connectivity index (χ4n) is 1.99. The zero-order chi connectivity index (χ0) is 12.0. The molecule has 1 aromatic heterocycles. The molecule has 0 aliphatic carbocycles. The summed E-state index contributed by atoms with van der Waals surface area (Å²) >= 11 is 0. The summed E-state index contributed by atoms with van der Waals surface area (Å²) in [4.78, 5) is 4.30. The molecule has 1 rings (SSSR count). The number of hydrogen-bond donors (Lipinski definition) is 1. The topological polar surface area (TPSA) is 34.2 Å². The minimum Gasteiger partial charge on any atom is -0.493 e. The monoisotopic (exact) mass is 222 g/mol. The molecule has 0 radical (unpaired) electrons. The normalized spacial score (nSPS) is 12.6. The first kappa shape index (κ1) is 12.8. The second-order valence-electron chi connectivity index (χ2n) is 4.06. The quantitative estimate of drug-likeness (QED) is 0.801. The van der Waals surface area contributed by atoms with Crippen molar-refractivity contribution in [1.82, 2.24) is 4.98 Å². The molecular formula is C13H22N2O. The average molecular weight is 222 g/mol. The van der Waals surface area contributed by atoms with E-state index < -0.39 is 0 Å². The summed E-state index contributed by atoms with van der Waals surface area (Å²) in [6.07, 6.45) is 4.14. The van der Waals surface area contributed by atoms with Gasteiger partial charge < -0.3 is 10.1 Å². The molecule has 0 bridgehead atoms. The number of ether oxygens (including phenoxy) is 1. The highest BCUT2D eigenvalue weighted by molar-refractivity contribution is 5.49. The van der Waals surface area contributed by atoms with Crippen LogP contribution in [0.2, 0.25) is 0 Å². The van der Waals surface area contributed by atoms with Crippen molar-refractivity contribution in [3.05, 3.63) is 18.3 Å². The number of rotatable bonds is 6. The first-order valence-corrected chi connectivity index (χ1v) is 5.98. The van der Waals surface area contributed by atoms with E-state index in [1.165, 1.54) is 12.8 Å². The highest BCUT2D eigenvalue weighted by Crippen LogP contribution is 2.23. The van der Waals surface area contributed by atoms with Crippen LogP contribution in [0, 0.1) is 5.92 Å². The maximum absolute atomic E-state index is 5.27. The molecule has 1 unspecified atom stereocenters. The van der Waals surface area contributed by atoms with Crippen molar-refractivity contribution in [3.63, 3.8) is 0 Å². The fourth-order valence-corrected chi connectivity index (χ4v) is 1.99. The van der Waals surface area contributed by atoms with Crippen molar-refractivity contribution in [2.75, 3.05) is 12.4 Å². The number of nitrogens with one attached hydrogen (secondary N) is 1. The largest absolute Gasteiger partial charge is 0.493 e. The lowest BCUT2D eigenvalue weighted by atomic mass is 9.95. The van der Waals surface area contributed by atoms with Crippen LogP contribution in [0.25, 0.3) is 0 Å². The standard InChI is InChI=1S/C13H22N2O/c1-5-11(6-2)10(3)15-13-12(16-4)8-7-9-14-13/h7-11H,5-6H2,1-4H3,(H,14,15). The van der Waals surface area contributed by atoms with Crippen LogP contribution in [0.15, 0.2) is 18.3 Å². The Bertz CT molecular complexity index is 311. The van der Waals surface area contributed by atoms with E-state index in [1.54, 1.807) is 13.3 Å². The third kappa shape index (κ3) is 3.12. The maximum atomic E-state index is 5.27. The van der Waals surface area contributed by atoms with E-state index in [-0.39, 0.29) is 0 Å². The summed E-state index contributed by atoms with van der Waals surface area (Å²) < 4.78 is 5.27. The van der Waals surface area contributed by atoms with Gasteiger partial charge in [-0.05, 0) is 25.0 Å². The van der Waals surface area contributed by atoms with Gasteiger partial charge in [-0.1, -0.05) is 26.7 Å². The van der Waals surface area contributed by atoms with Gasteiger partial charge in [0.2, 0.25) is 0 Å². The van der Waals surface area contributed by atoms with E-state index in [4.69, 9.17) is 4.74 Å². The summed E-state index contributed by atoms with van der Waals surface area (Å²) in [7, 11) is 1.67. The Balaban J connectivity index is 2.71. The number of aromatic nitrogens is 1. The van der Waals surface area contributed by atoms with Crippen LogP contribution in [0.4, 0.5) is 5.82 Å². The Kier molecular flexibility index (Phi) is 5.09. The SMILES string of the molecule is CCC(CC)C(C)Nc1ncccc1OC. The van der Waals surface area contributed by atoms with Crippen LogP contribution in [0.1, 0.15) is 33.6 Å². The van der Waals surface area contributed by atoms with Gasteiger partial charge in [0.15, 0.2) is 11.6 Å². The molecule has 0 spiro atoms. The molecular weight excluding hydrogens is 200 g/mol. The molecule has 16 heavy (non-hydrogen) atoms. The van der Waals surface area contributed by atoms with Gasteiger partial charge in [-0.25, -0.2) is 4.98 Å². The summed E-state index contributed by atoms with van der Waals surface area (Å²) in [5.41, 5.74) is 0. The summed E-state index contributed by atoms with van der Waals surface area (Å²) in [5, 5.41) is 3.43. The third-order valence-electron chi connectivity index (χ3n) is 3.11. The summed E-state index contributed by atoms with van der Waals surface area (Å²) in [6.45, 7) is 6.65. The van der Waals surface area contributed by atoms with E-state index in [9.17, 15) is 0 Å². The van der Waals surface area contributed by atoms with Crippen molar-refractivity contribution in [3.8, 4) is 5.75 Å². The molecule has 0 saturated heterocycles. The zero-order valence-electron chi connectivity index (χ0n) is 10.7. The molecule has 1 heterocycles. The van der Waals surface area contributed by atoms with Gasteiger partial charge in [0.1, 0.15) is 0 Å². The fraction of sp³-hybridized carbons (Fsp3) is 0.615. The van der Waals surface area contributed by atoms with Crippen molar-refractivity contribution >= 4 is 5.82 Å². The molecule has 0 fully saturated rings. The van der Waals surface area contributed by atoms with Crippen molar-refractivity contribution in [2.24, 2.45) is 5.92 Å². The van der Waals surface area contributed by atoms with Gasteiger partial charge >= 0.3 is 0 Å². The van der Waals surface area contributed by atoms with Gasteiger partial charge in [-0.3, -0.25) is 0 Å². The van der Waals surface area contributed by atoms with Crippen LogP contribution in [-0.4, -0.2) is 18.1 Å². The molecule has 0 amide bonds. The molecule has 0 aliphatic heterocycles. The van der Waals surface area contributed by atoms with E-state index in [2.05, 4.69) is 31.1 Å². The lowest BCUT2D eigenvalue weighted by Gasteiger charge is -2.23. The van der Waals surface area contributed by atoms with Crippen LogP contribution < -0.4 is 10.1 Å². The summed E-state index contributed by atoms with van der Waals surface area (Å²) in [6, 6.07) is 4.22. The summed E-state index contributed by atoms with van der Waals surface area (Å²) in [5.74, 6) is 2.32. The first-order chi connectivity index (χ1) is 7.72. The Hall–Kier alpha value is -1.25. The Labute approximate surface area is 98.2 Å². The van der Waals surface area contributed by atoms with Crippen LogP contribution in [-0.2, 0) is 0 Å². The number of nitrogens with zero attached hydrogens (tertiary/aromatic N) is 1. The van der Waals surface area contributed by atoms with E-state index in [0.29, 0.717) is 12.0 Å². The maximum Gasteiger partial charge on any atom is 0.168 e. The number of hydrogen-bond acceptors (Lipinski definition) is 3. The molecule has 3 nitrogen and oxygen atoms in total. The number of pyridine rings is 1. The molecule has 3 heteroatoms. The predicted molar refractivity (Wildman–Crippen MR) is 67.9 cm³/mol. The highest BCUT2D eigenvalue weighted by atomic mass is 16.5. The van der Waals surface area contributed by atoms with Crippen molar-refractivity contribution in [1.29, 1.82) is 0 Å². The second kappa shape index (κ2) is 6.36. The molecule has 90 valence electrons. The lowest BCUT2D eigenvalue weighted by molar-refractivity contribution is 0.408. The Morgan fingerprint density at radius 3 is 2.62 bits per heavy atom. The average Bonchev–Trinajstić information content (AvgIpc) is 2.31. The highest BCUT2D eigenvalue weighted by Gasteiger charge is 2.15. The van der Waals surface area contributed by atoms with E-state index >= 15 is 0 Å². The van der Waals surface area contributed by atoms with Crippen LogP contribution >= 0.6 is 0 Å². The van der Waals surface area contributed by atoms with E-state index in [1.807, 2.05) is 12.1 Å². The minimum absolute atomic E-state index is 0.416. The number of anilines is 1. The molecule has 0 aliphatic rings. The lowest BCUT2D eigenvalue weighted by Crippen LogP contribution is -2.25. The van der Waals surface area contributed by atoms with Gasteiger partial charge in [-0.15, -0.1) is 0 Å². The smallest absolute Gasteiger partial charge is 0.168 e. The molecule has 1 atom stereocenters. The minimum atomic E-state index is 0.416. The van der Waals surface area contributed by atoms with Crippen molar-refractivity contribution < 1.29 is 4.74 Å². The van der Waals surface area contributed by atoms with Gasteiger partial charge in [0, 0.05) is 12.2 Å². The first-order valence-electron chi connectivity index (χ1n) is 5.98. The predicted octanol–water partition coefficient (Wildman–Crippen LogP) is 3.33. The van der Waals surface area contributed by atoms with Gasteiger partial charge in [-0.2, -0.15) is 0 Å². The van der Waals surface area contributed by atoms with Crippen LogP contribution in [0.3, 0.4) is 0 Å². The molecule has 0 saturated carbocycles. The number of methoxy groups -OCH3 is 1. The van der Waals surface area contributed by atoms with Crippen LogP contribution in [0.5, 0.6) is 5.75 Å². The molecule has 1 aromatic rings. The third-order valence-corrected chi connectivity index (χ3v) is 3.11. The molecule has 1 N–H and O–H groups in total. The van der Waals surface area contributed by atoms with Crippen molar-refractivity contribution in [2.45, 2.75) is 39.7 Å². The molecule has 0 aromatic carbocycles. The Morgan fingerprint density at radius 1 is 1.38 bits per heavy atom. The Morgan fingerprint density at radius 2 is 2.06 bits per heavy atom. The van der Waals surface area contributed by atoms with E-state index in [0.717, 1.165) is 11.6 Å². The van der Waals surface area contributed by atoms with Gasteiger partial charge in [0.05, 0.1) is 7.11 Å². The zero-order valence-corrected chi connectivity index (χ0v) is 10.7.